The van der Waals surface area contributed by atoms with Gasteiger partial charge in [-0.05, 0) is 37.1 Å². The van der Waals surface area contributed by atoms with Gasteiger partial charge in [-0.1, -0.05) is 69.2 Å². The molecule has 0 aromatic heterocycles. The summed E-state index contributed by atoms with van der Waals surface area (Å²) in [5, 5.41) is 12.5. The Morgan fingerprint density at radius 2 is 1.57 bits per heavy atom. The van der Waals surface area contributed by atoms with E-state index in [9.17, 15) is 5.11 Å². The van der Waals surface area contributed by atoms with Crippen LogP contribution in [0.4, 0.5) is 5.69 Å². The Labute approximate surface area is 186 Å². The molecule has 0 bridgehead atoms. The van der Waals surface area contributed by atoms with Gasteiger partial charge in [-0.15, -0.1) is 0 Å². The number of nitrogens with zero attached hydrogens (tertiary/aromatic N) is 1. The van der Waals surface area contributed by atoms with E-state index in [1.54, 1.807) is 6.07 Å². The third kappa shape index (κ3) is 6.80. The first-order valence-electron chi connectivity index (χ1n) is 9.00. The molecule has 0 radical (unpaired) electrons. The molecule has 0 spiro atoms. The molecule has 0 aliphatic carbocycles. The van der Waals surface area contributed by atoms with E-state index in [0.717, 1.165) is 18.4 Å². The third-order valence-electron chi connectivity index (χ3n) is 4.35. The second-order valence-electron chi connectivity index (χ2n) is 6.18. The molecule has 3 aromatic carbocycles. The van der Waals surface area contributed by atoms with Crippen LogP contribution in [-0.2, 0) is 23.6 Å². The molecule has 1 N–H and O–H groups in total. The van der Waals surface area contributed by atoms with Crippen LogP contribution in [0, 0.1) is 6.92 Å². The molecule has 1 atom stereocenters. The van der Waals surface area contributed by atoms with Gasteiger partial charge in [0.15, 0.2) is 0 Å². The Morgan fingerprint density at radius 1 is 0.929 bits per heavy atom. The van der Waals surface area contributed by atoms with Gasteiger partial charge in [-0.25, -0.2) is 0 Å². The van der Waals surface area contributed by atoms with Crippen molar-refractivity contribution in [3.05, 3.63) is 83.9 Å². The molecule has 2 nitrogen and oxygen atoms in total. The minimum absolute atomic E-state index is 0.376. The number of anilines is 1. The van der Waals surface area contributed by atoms with Crippen LogP contribution in [0.15, 0.2) is 72.8 Å². The number of halogens is 2. The van der Waals surface area contributed by atoms with E-state index in [1.165, 1.54) is 22.1 Å². The minimum atomic E-state index is -0.556. The van der Waals surface area contributed by atoms with Crippen LogP contribution in [0.3, 0.4) is 0 Å². The van der Waals surface area contributed by atoms with Crippen LogP contribution in [0.1, 0.15) is 18.1 Å². The van der Waals surface area contributed by atoms with Crippen LogP contribution in [0.2, 0.25) is 0 Å². The molecule has 1 unspecified atom stereocenters. The average Bonchev–Trinajstić information content (AvgIpc) is 2.71. The number of benzene rings is 3. The monoisotopic (exact) mass is 467 g/mol. The van der Waals surface area contributed by atoms with E-state index in [2.05, 4.69) is 67.3 Å². The summed E-state index contributed by atoms with van der Waals surface area (Å²) in [5.41, 5.74) is 3.83. The van der Waals surface area contributed by atoms with Crippen molar-refractivity contribution in [3.8, 4) is 5.75 Å². The summed E-state index contributed by atoms with van der Waals surface area (Å²) >= 11 is -0.556. The van der Waals surface area contributed by atoms with Gasteiger partial charge in [0.1, 0.15) is 5.75 Å². The summed E-state index contributed by atoms with van der Waals surface area (Å²) in [6.07, 6.45) is 0. The van der Waals surface area contributed by atoms with Crippen molar-refractivity contribution in [2.24, 2.45) is 0 Å². The SMILES string of the molecule is CCN(Cc1ccccc1)c1cccc(C)c1Pc1ccccc1O.[Cl][Ti][Cl]. The van der Waals surface area contributed by atoms with E-state index < -0.39 is 17.0 Å². The van der Waals surface area contributed by atoms with Crippen LogP contribution in [0.5, 0.6) is 5.75 Å². The zero-order valence-corrected chi connectivity index (χ0v) is 20.1. The molecule has 0 heterocycles. The second-order valence-corrected chi connectivity index (χ2v) is 10.1. The number of rotatable bonds is 6. The molecule has 3 aromatic rings. The number of hydrogen-bond donors (Lipinski definition) is 1. The van der Waals surface area contributed by atoms with Crippen molar-refractivity contribution >= 4 is 43.5 Å². The number of phenols is 1. The Morgan fingerprint density at radius 3 is 2.21 bits per heavy atom. The number of para-hydroxylation sites is 1. The van der Waals surface area contributed by atoms with Crippen LogP contribution in [0.25, 0.3) is 0 Å². The first-order valence-corrected chi connectivity index (χ1v) is 14.3. The molecular formula is C22H24Cl2NOPTi. The average molecular weight is 468 g/mol. The summed E-state index contributed by atoms with van der Waals surface area (Å²) < 4.78 is 0. The summed E-state index contributed by atoms with van der Waals surface area (Å²) in [6.45, 7) is 6.18. The fraction of sp³-hybridized carbons (Fsp3) is 0.182. The molecule has 3 rings (SSSR count). The Hall–Kier alpha value is -1.02. The van der Waals surface area contributed by atoms with E-state index in [-0.39, 0.29) is 0 Å². The number of aromatic hydroxyl groups is 1. The van der Waals surface area contributed by atoms with Gasteiger partial charge in [0.05, 0.1) is 0 Å². The normalized spacial score (nSPS) is 10.4. The van der Waals surface area contributed by atoms with Crippen molar-refractivity contribution in [2.75, 3.05) is 11.4 Å². The Bertz CT molecular complexity index is 864. The Balaban J connectivity index is 0.000000878. The van der Waals surface area contributed by atoms with E-state index in [1.807, 2.05) is 18.2 Å². The summed E-state index contributed by atoms with van der Waals surface area (Å²) in [5.74, 6) is 0.376. The maximum atomic E-state index is 10.2. The maximum absolute atomic E-state index is 10.2. The molecule has 146 valence electrons. The third-order valence-corrected chi connectivity index (χ3v) is 5.95. The molecule has 0 aliphatic rings. The molecule has 28 heavy (non-hydrogen) atoms. The topological polar surface area (TPSA) is 23.5 Å². The van der Waals surface area contributed by atoms with Gasteiger partial charge < -0.3 is 10.0 Å². The fourth-order valence-corrected chi connectivity index (χ4v) is 4.27. The summed E-state index contributed by atoms with van der Waals surface area (Å²) in [7, 11) is 10.2. The Kier molecular flexibility index (Phi) is 10.4. The molecule has 0 saturated carbocycles. The molecular weight excluding hydrogens is 444 g/mol. The number of phenolic OH excluding ortho intramolecular Hbond substituents is 1. The molecule has 0 amide bonds. The predicted molar refractivity (Wildman–Crippen MR) is 122 cm³/mol. The zero-order valence-electron chi connectivity index (χ0n) is 16.0. The zero-order chi connectivity index (χ0) is 20.4. The van der Waals surface area contributed by atoms with E-state index >= 15 is 0 Å². The summed E-state index contributed by atoms with van der Waals surface area (Å²) in [4.78, 5) is 2.41. The number of aryl methyl sites for hydroxylation is 1. The standard InChI is InChI=1S/C22H24NOP.2ClH.Ti/c1-3-23(16-18-11-5-4-6-12-18)19-13-9-10-17(2)22(19)25-21-15-8-7-14-20(21)24;;;/h4-15,24-25H,3,16H2,1-2H3;2*1H;/q;;;+2/p-2. The van der Waals surface area contributed by atoms with Crippen molar-refractivity contribution in [1.29, 1.82) is 0 Å². The van der Waals surface area contributed by atoms with Gasteiger partial charge >= 0.3 is 35.6 Å². The van der Waals surface area contributed by atoms with Crippen LogP contribution in [-0.4, -0.2) is 11.7 Å². The molecule has 0 saturated heterocycles. The fourth-order valence-electron chi connectivity index (χ4n) is 2.96. The van der Waals surface area contributed by atoms with Gasteiger partial charge in [-0.3, -0.25) is 0 Å². The van der Waals surface area contributed by atoms with Crippen LogP contribution >= 0.6 is 27.2 Å². The predicted octanol–water partition coefficient (Wildman–Crippen LogP) is 5.73. The number of hydrogen-bond acceptors (Lipinski definition) is 2. The second kappa shape index (κ2) is 12.5. The van der Waals surface area contributed by atoms with Gasteiger partial charge in [0.25, 0.3) is 0 Å². The quantitative estimate of drug-likeness (QED) is 0.369. The summed E-state index contributed by atoms with van der Waals surface area (Å²) in [6, 6.07) is 24.7. The molecule has 0 fully saturated rings. The van der Waals surface area contributed by atoms with Crippen LogP contribution < -0.4 is 15.5 Å². The van der Waals surface area contributed by atoms with E-state index in [4.69, 9.17) is 18.6 Å². The van der Waals surface area contributed by atoms with Crippen molar-refractivity contribution < 1.29 is 22.1 Å². The van der Waals surface area contributed by atoms with E-state index in [0.29, 0.717) is 14.3 Å². The van der Waals surface area contributed by atoms with Gasteiger partial charge in [0, 0.05) is 29.4 Å². The van der Waals surface area contributed by atoms with Gasteiger partial charge in [0.2, 0.25) is 0 Å². The van der Waals surface area contributed by atoms with Gasteiger partial charge in [-0.2, -0.15) is 0 Å². The first kappa shape index (κ1) is 23.3. The molecule has 0 aliphatic heterocycles. The van der Waals surface area contributed by atoms with Crippen molar-refractivity contribution in [1.82, 2.24) is 0 Å². The van der Waals surface area contributed by atoms with Crippen molar-refractivity contribution in [2.45, 2.75) is 20.4 Å². The molecule has 6 heteroatoms. The first-order chi connectivity index (χ1) is 13.6. The van der Waals surface area contributed by atoms with Crippen molar-refractivity contribution in [3.63, 3.8) is 0 Å².